The molecule has 0 amide bonds. The zero-order valence-electron chi connectivity index (χ0n) is 17.4. The lowest BCUT2D eigenvalue weighted by Crippen LogP contribution is -3.00. The quantitative estimate of drug-likeness (QED) is 0.142. The third kappa shape index (κ3) is 19.1. The maximum Gasteiger partial charge on any atom is 0.289 e. The molecule has 3 aromatic heterocycles. The lowest BCUT2D eigenvalue weighted by Gasteiger charge is -1.86. The second kappa shape index (κ2) is 24.9. The normalized spacial score (nSPS) is 7.27. The Labute approximate surface area is 209 Å². The Balaban J connectivity index is -0.0000000759. The number of aromatic nitrogens is 3. The highest BCUT2D eigenvalue weighted by Crippen LogP contribution is 1.88. The summed E-state index contributed by atoms with van der Waals surface area (Å²) in [6.07, 6.45) is 4.94. The summed E-state index contributed by atoms with van der Waals surface area (Å²) in [5, 5.41) is 15.7. The highest BCUT2D eigenvalue weighted by Gasteiger charge is 1.99. The molecule has 0 radical (unpaired) electrons. The van der Waals surface area contributed by atoms with Crippen molar-refractivity contribution in [1.29, 1.82) is 0 Å². The van der Waals surface area contributed by atoms with Gasteiger partial charge < -0.3 is 53.6 Å². The molecule has 0 atom stereocenters. The molecule has 18 N–H and O–H groups in total. The fourth-order valence-electron chi connectivity index (χ4n) is 1.60. The van der Waals surface area contributed by atoms with Crippen LogP contribution in [-0.4, -0.2) is 48.9 Å². The molecule has 3 aromatic rings. The Hall–Kier alpha value is -3.39. The van der Waals surface area contributed by atoms with Gasteiger partial charge in [0.25, 0.3) is 17.5 Å². The Morgan fingerprint density at radius 1 is 0.485 bits per heavy atom. The van der Waals surface area contributed by atoms with E-state index < -0.39 is 0 Å². The Bertz CT molecular complexity index is 761. The van der Waals surface area contributed by atoms with Crippen molar-refractivity contribution in [3.8, 4) is 0 Å². The van der Waals surface area contributed by atoms with Crippen LogP contribution >= 0.6 is 0 Å². The lowest BCUT2D eigenvalue weighted by molar-refractivity contribution is -0.115. The number of amidine groups is 3. The van der Waals surface area contributed by atoms with Gasteiger partial charge in [0, 0.05) is 18.6 Å². The van der Waals surface area contributed by atoms with Crippen molar-refractivity contribution in [3.05, 3.63) is 90.3 Å². The minimum atomic E-state index is 0. The molecule has 15 heteroatoms. The van der Waals surface area contributed by atoms with Gasteiger partial charge in [-0.2, -0.15) is 0 Å². The highest BCUT2D eigenvalue weighted by atomic mass is 35.5. The summed E-state index contributed by atoms with van der Waals surface area (Å²) in [6.45, 7) is 0. The minimum Gasteiger partial charge on any atom is -1.00 e. The van der Waals surface area contributed by atoms with Crippen molar-refractivity contribution in [2.45, 2.75) is 0 Å². The highest BCUT2D eigenvalue weighted by molar-refractivity contribution is 5.91. The zero-order valence-corrected chi connectivity index (χ0v) is 19.6. The number of nitrogens with zero attached hydrogens (tertiary/aromatic N) is 3. The standard InChI is InChI=1S/3C6H7N3.3ClH.3H2O/c3*7-6(8)5-3-1-2-4-9-5;;;;;;/h3*1-4H,(H3,7,8);3*1H;3*1H2. The summed E-state index contributed by atoms with van der Waals surface area (Å²) >= 11 is 0. The van der Waals surface area contributed by atoms with Gasteiger partial charge in [0.05, 0.1) is 0 Å². The van der Waals surface area contributed by atoms with Gasteiger partial charge in [-0.15, -0.1) is 0 Å². The molecule has 0 saturated heterocycles. The first-order valence-corrected chi connectivity index (χ1v) is 7.79. The summed E-state index contributed by atoms with van der Waals surface area (Å²) < 4.78 is 0. The van der Waals surface area contributed by atoms with E-state index >= 15 is 0 Å². The summed E-state index contributed by atoms with van der Waals surface area (Å²) in [7, 11) is 0. The average molecular weight is 527 g/mol. The molecule has 0 aromatic carbocycles. The molecule has 186 valence electrons. The molecule has 0 unspecified atom stereocenters. The lowest BCUT2D eigenvalue weighted by atomic mass is 10.3. The molecule has 33 heavy (non-hydrogen) atoms. The molecule has 0 spiro atoms. The Morgan fingerprint density at radius 2 is 0.697 bits per heavy atom. The number of hydrogen-bond acceptors (Lipinski definition) is 3. The molecule has 3 heterocycles. The van der Waals surface area contributed by atoms with E-state index in [0.29, 0.717) is 17.1 Å². The van der Waals surface area contributed by atoms with Crippen molar-refractivity contribution < 1.29 is 69.9 Å². The number of nitrogens with two attached hydrogens (primary N) is 6. The molecule has 0 aliphatic rings. The van der Waals surface area contributed by atoms with Crippen LogP contribution in [0.1, 0.15) is 17.1 Å². The van der Waals surface area contributed by atoms with Crippen LogP contribution in [0.2, 0.25) is 0 Å². The van der Waals surface area contributed by atoms with Crippen LogP contribution in [0.15, 0.2) is 73.2 Å². The molecule has 0 saturated carbocycles. The predicted octanol–water partition coefficient (Wildman–Crippen LogP) is -15.8. The van der Waals surface area contributed by atoms with Crippen LogP contribution in [0.4, 0.5) is 0 Å². The summed E-state index contributed by atoms with van der Waals surface area (Å²) in [5.74, 6) is 0.779. The van der Waals surface area contributed by atoms with Crippen molar-refractivity contribution >= 4 is 17.5 Å². The third-order valence-electron chi connectivity index (χ3n) is 2.88. The van der Waals surface area contributed by atoms with Gasteiger partial charge in [-0.05, 0) is 36.4 Å². The molecular weight excluding hydrogens is 497 g/mol. The van der Waals surface area contributed by atoms with Crippen LogP contribution in [0, 0.1) is 0 Å². The summed E-state index contributed by atoms with van der Waals surface area (Å²) in [6, 6.07) is 16.2. The summed E-state index contributed by atoms with van der Waals surface area (Å²) in [5.41, 5.74) is 17.6. The Morgan fingerprint density at radius 3 is 0.788 bits per heavy atom. The van der Waals surface area contributed by atoms with Crippen LogP contribution in [0.5, 0.6) is 0 Å². The van der Waals surface area contributed by atoms with Crippen molar-refractivity contribution in [2.75, 3.05) is 0 Å². The van der Waals surface area contributed by atoms with Gasteiger partial charge in [-0.1, -0.05) is 18.2 Å². The maximum atomic E-state index is 5.25. The van der Waals surface area contributed by atoms with Gasteiger partial charge >= 0.3 is 0 Å². The fourth-order valence-corrected chi connectivity index (χ4v) is 1.60. The average Bonchev–Trinajstić information content (AvgIpc) is 2.71. The van der Waals surface area contributed by atoms with E-state index in [1.54, 1.807) is 36.8 Å². The van der Waals surface area contributed by atoms with Crippen molar-refractivity contribution in [2.24, 2.45) is 17.2 Å². The number of halogens is 3. The molecule has 0 fully saturated rings. The van der Waals surface area contributed by atoms with Gasteiger partial charge in [-0.25, -0.2) is 15.0 Å². The largest absolute Gasteiger partial charge is 1.00 e. The van der Waals surface area contributed by atoms with Crippen LogP contribution in [0.3, 0.4) is 0 Å². The maximum absolute atomic E-state index is 5.25. The smallest absolute Gasteiger partial charge is 0.289 e. The number of rotatable bonds is 3. The minimum absolute atomic E-state index is 0. The van der Waals surface area contributed by atoms with E-state index in [1.807, 2.05) is 36.4 Å². The summed E-state index contributed by atoms with van der Waals surface area (Å²) in [4.78, 5) is 11.7. The number of hydrogen-bond donors (Lipinski definition) is 6. The van der Waals surface area contributed by atoms with Gasteiger partial charge in [0.1, 0.15) is 0 Å². The molecule has 3 rings (SSSR count). The molecule has 0 aliphatic carbocycles. The van der Waals surface area contributed by atoms with Crippen molar-refractivity contribution in [3.63, 3.8) is 0 Å². The SMILES string of the molecule is NC(=[NH2+])c1ccccn1.NC(=[NH2+])c1ccccn1.NC(=[NH2+])c1ccccn1.O.O.O.[Cl-].[Cl-].[Cl-]. The molecule has 12 nitrogen and oxygen atoms in total. The van der Waals surface area contributed by atoms with Gasteiger partial charge in [0.15, 0.2) is 17.1 Å². The predicted molar refractivity (Wildman–Crippen MR) is 114 cm³/mol. The second-order valence-electron chi connectivity index (χ2n) is 5.01. The van der Waals surface area contributed by atoms with E-state index in [1.165, 1.54) is 0 Å². The van der Waals surface area contributed by atoms with Crippen LogP contribution in [0.25, 0.3) is 0 Å². The van der Waals surface area contributed by atoms with E-state index in [2.05, 4.69) is 15.0 Å². The first-order chi connectivity index (χ1) is 12.9. The monoisotopic (exact) mass is 525 g/mol. The fraction of sp³-hybridized carbons (Fsp3) is 0. The first kappa shape index (κ1) is 43.5. The van der Waals surface area contributed by atoms with Crippen molar-refractivity contribution in [1.82, 2.24) is 15.0 Å². The van der Waals surface area contributed by atoms with E-state index in [9.17, 15) is 0 Å². The number of pyridine rings is 3. The van der Waals surface area contributed by atoms with E-state index in [-0.39, 0.29) is 71.2 Å². The zero-order chi connectivity index (χ0) is 20.1. The second-order valence-corrected chi connectivity index (χ2v) is 5.01. The van der Waals surface area contributed by atoms with E-state index in [0.717, 1.165) is 0 Å². The van der Waals surface area contributed by atoms with E-state index in [4.69, 9.17) is 33.4 Å². The van der Waals surface area contributed by atoms with Gasteiger partial charge in [-0.3, -0.25) is 33.4 Å². The van der Waals surface area contributed by atoms with Crippen LogP contribution in [-0.2, 0) is 0 Å². The molecule has 0 bridgehead atoms. The first-order valence-electron chi connectivity index (χ1n) is 7.79. The molecule has 0 aliphatic heterocycles. The molecular formula is C18H30Cl3N9O3. The van der Waals surface area contributed by atoms with Gasteiger partial charge in [0.2, 0.25) is 0 Å². The topological polar surface area (TPSA) is 288 Å². The third-order valence-corrected chi connectivity index (χ3v) is 2.88. The van der Waals surface area contributed by atoms with Crippen LogP contribution < -0.4 is 70.6 Å². The Kier molecular flexibility index (Phi) is 32.8.